The van der Waals surface area contributed by atoms with Crippen LogP contribution in [0.25, 0.3) is 11.3 Å². The van der Waals surface area contributed by atoms with Crippen LogP contribution in [0.2, 0.25) is 0 Å². The molecule has 2 aliphatic rings. The van der Waals surface area contributed by atoms with Crippen LogP contribution in [-0.4, -0.2) is 34.0 Å². The van der Waals surface area contributed by atoms with E-state index in [0.29, 0.717) is 18.8 Å². The summed E-state index contributed by atoms with van der Waals surface area (Å²) in [6.45, 7) is 0.975. The summed E-state index contributed by atoms with van der Waals surface area (Å²) in [7, 11) is 0. The average molecular weight is 274 g/mol. The van der Waals surface area contributed by atoms with Crippen molar-refractivity contribution in [2.24, 2.45) is 5.92 Å². The molecule has 2 aliphatic heterocycles. The first-order chi connectivity index (χ1) is 9.77. The molecule has 20 heavy (non-hydrogen) atoms. The van der Waals surface area contributed by atoms with E-state index in [0.717, 1.165) is 17.7 Å². The van der Waals surface area contributed by atoms with Crippen LogP contribution in [-0.2, 0) is 4.74 Å². The summed E-state index contributed by atoms with van der Waals surface area (Å²) in [6, 6.07) is 5.08. The number of hydrogen-bond acceptors (Lipinski definition) is 3. The van der Waals surface area contributed by atoms with Crippen molar-refractivity contribution in [3.63, 3.8) is 0 Å². The van der Waals surface area contributed by atoms with Gasteiger partial charge < -0.3 is 14.4 Å². The van der Waals surface area contributed by atoms with Crippen LogP contribution in [0.15, 0.2) is 30.7 Å². The smallest absolute Gasteiger partial charge is 0.132 e. The predicted molar refractivity (Wildman–Crippen MR) is 70.7 cm³/mol. The summed E-state index contributed by atoms with van der Waals surface area (Å²) in [6.07, 6.45) is 3.65. The third-order valence-corrected chi connectivity index (χ3v) is 4.37. The number of aliphatic hydroxyl groups excluding tert-OH is 1. The number of rotatable bonds is 1. The summed E-state index contributed by atoms with van der Waals surface area (Å²) in [4.78, 5) is 4.14. The molecule has 3 unspecified atom stereocenters. The lowest BCUT2D eigenvalue weighted by molar-refractivity contribution is -0.0540. The van der Waals surface area contributed by atoms with E-state index in [1.165, 1.54) is 6.07 Å². The summed E-state index contributed by atoms with van der Waals surface area (Å²) in [5.74, 6) is -0.201. The van der Waals surface area contributed by atoms with Gasteiger partial charge in [0.25, 0.3) is 0 Å². The lowest BCUT2D eigenvalue weighted by Crippen LogP contribution is -2.37. The van der Waals surface area contributed by atoms with E-state index in [9.17, 15) is 9.50 Å². The van der Waals surface area contributed by atoms with Gasteiger partial charge in [-0.3, -0.25) is 0 Å². The molecular formula is C15H15FN2O2. The van der Waals surface area contributed by atoms with Gasteiger partial charge in [-0.25, -0.2) is 9.37 Å². The number of imidazole rings is 1. The Bertz CT molecular complexity index is 655. The Balaban J connectivity index is 1.87. The number of fused-ring (bicyclic) bond motifs is 3. The fourth-order valence-electron chi connectivity index (χ4n) is 3.47. The van der Waals surface area contributed by atoms with Gasteiger partial charge in [0.15, 0.2) is 0 Å². The van der Waals surface area contributed by atoms with Crippen molar-refractivity contribution in [3.8, 4) is 11.3 Å². The van der Waals surface area contributed by atoms with E-state index in [-0.39, 0.29) is 17.8 Å². The molecule has 1 aromatic heterocycles. The van der Waals surface area contributed by atoms with Crippen molar-refractivity contribution < 1.29 is 14.2 Å². The normalized spacial score (nSPS) is 28.2. The molecule has 0 aliphatic carbocycles. The second-order valence-electron chi connectivity index (χ2n) is 5.43. The molecular weight excluding hydrogens is 259 g/mol. The summed E-state index contributed by atoms with van der Waals surface area (Å²) < 4.78 is 21.4. The second kappa shape index (κ2) is 4.40. The first-order valence-electron chi connectivity index (χ1n) is 6.84. The number of benzene rings is 1. The standard InChI is InChI=1S/C15H15FN2O2/c16-11-3-1-2-10-14(11)12-6-17-8-18(12)15(10)9-4-5-20-7-13(9)19/h1-3,6,8-9,13,15,19H,4-5,7H2. The molecule has 1 fully saturated rings. The van der Waals surface area contributed by atoms with Crippen molar-refractivity contribution in [3.05, 3.63) is 42.1 Å². The Labute approximate surface area is 115 Å². The molecule has 1 saturated heterocycles. The highest BCUT2D eigenvalue weighted by Crippen LogP contribution is 2.46. The Morgan fingerprint density at radius 1 is 1.40 bits per heavy atom. The van der Waals surface area contributed by atoms with Crippen LogP contribution >= 0.6 is 0 Å². The Morgan fingerprint density at radius 3 is 3.15 bits per heavy atom. The van der Waals surface area contributed by atoms with Gasteiger partial charge in [-0.1, -0.05) is 12.1 Å². The predicted octanol–water partition coefficient (Wildman–Crippen LogP) is 1.99. The van der Waals surface area contributed by atoms with Gasteiger partial charge in [0.2, 0.25) is 0 Å². The van der Waals surface area contributed by atoms with Crippen molar-refractivity contribution in [2.45, 2.75) is 18.6 Å². The topological polar surface area (TPSA) is 47.3 Å². The second-order valence-corrected chi connectivity index (χ2v) is 5.43. The maximum Gasteiger partial charge on any atom is 0.132 e. The Kier molecular flexibility index (Phi) is 2.65. The van der Waals surface area contributed by atoms with E-state index in [2.05, 4.69) is 4.98 Å². The van der Waals surface area contributed by atoms with E-state index >= 15 is 0 Å². The molecule has 104 valence electrons. The maximum absolute atomic E-state index is 14.2. The van der Waals surface area contributed by atoms with Gasteiger partial charge in [0.05, 0.1) is 37.0 Å². The van der Waals surface area contributed by atoms with E-state index in [1.807, 2.05) is 10.6 Å². The fourth-order valence-corrected chi connectivity index (χ4v) is 3.47. The number of halogens is 1. The maximum atomic E-state index is 14.2. The molecule has 0 saturated carbocycles. The average Bonchev–Trinajstić information content (AvgIpc) is 3.00. The minimum absolute atomic E-state index is 0.0275. The molecule has 4 rings (SSSR count). The first-order valence-corrected chi connectivity index (χ1v) is 6.84. The lowest BCUT2D eigenvalue weighted by Gasteiger charge is -2.33. The quantitative estimate of drug-likeness (QED) is 0.865. The van der Waals surface area contributed by atoms with E-state index in [1.54, 1.807) is 18.6 Å². The molecule has 0 radical (unpaired) electrons. The van der Waals surface area contributed by atoms with E-state index < -0.39 is 6.10 Å². The van der Waals surface area contributed by atoms with Gasteiger partial charge in [-0.2, -0.15) is 0 Å². The SMILES string of the molecule is OC1COCCC1C1c2cccc(F)c2-c2cncn21. The zero-order valence-electron chi connectivity index (χ0n) is 10.9. The third-order valence-electron chi connectivity index (χ3n) is 4.37. The highest BCUT2D eigenvalue weighted by Gasteiger charge is 2.40. The van der Waals surface area contributed by atoms with Gasteiger partial charge in [0.1, 0.15) is 5.82 Å². The molecule has 0 amide bonds. The van der Waals surface area contributed by atoms with Gasteiger partial charge >= 0.3 is 0 Å². The van der Waals surface area contributed by atoms with Crippen molar-refractivity contribution in [1.82, 2.24) is 9.55 Å². The van der Waals surface area contributed by atoms with Crippen molar-refractivity contribution in [1.29, 1.82) is 0 Å². The zero-order valence-corrected chi connectivity index (χ0v) is 10.9. The van der Waals surface area contributed by atoms with Crippen LogP contribution in [0, 0.1) is 11.7 Å². The van der Waals surface area contributed by atoms with Crippen LogP contribution in [0.1, 0.15) is 18.0 Å². The largest absolute Gasteiger partial charge is 0.390 e. The number of aromatic nitrogens is 2. The number of hydrogen-bond donors (Lipinski definition) is 1. The highest BCUT2D eigenvalue weighted by atomic mass is 19.1. The van der Waals surface area contributed by atoms with Crippen molar-refractivity contribution in [2.75, 3.05) is 13.2 Å². The molecule has 3 heterocycles. The van der Waals surface area contributed by atoms with Crippen LogP contribution < -0.4 is 0 Å². The lowest BCUT2D eigenvalue weighted by atomic mass is 9.85. The molecule has 3 atom stereocenters. The molecule has 0 bridgehead atoms. The first kappa shape index (κ1) is 12.1. The third kappa shape index (κ3) is 1.57. The molecule has 4 nitrogen and oxygen atoms in total. The zero-order chi connectivity index (χ0) is 13.7. The molecule has 0 spiro atoms. The Morgan fingerprint density at radius 2 is 2.30 bits per heavy atom. The van der Waals surface area contributed by atoms with Gasteiger partial charge in [-0.15, -0.1) is 0 Å². The molecule has 2 aromatic rings. The fraction of sp³-hybridized carbons (Fsp3) is 0.400. The van der Waals surface area contributed by atoms with E-state index in [4.69, 9.17) is 4.74 Å². The number of nitrogens with zero attached hydrogens (tertiary/aromatic N) is 2. The summed E-state index contributed by atoms with van der Waals surface area (Å²) in [5, 5.41) is 10.2. The number of ether oxygens (including phenoxy) is 1. The van der Waals surface area contributed by atoms with Gasteiger partial charge in [-0.05, 0) is 18.1 Å². The van der Waals surface area contributed by atoms with Crippen LogP contribution in [0.5, 0.6) is 0 Å². The number of aliphatic hydroxyl groups is 1. The van der Waals surface area contributed by atoms with Crippen molar-refractivity contribution >= 4 is 0 Å². The molecule has 5 heteroatoms. The molecule has 1 N–H and O–H groups in total. The van der Waals surface area contributed by atoms with Crippen LogP contribution in [0.3, 0.4) is 0 Å². The molecule has 1 aromatic carbocycles. The minimum atomic E-state index is -0.529. The van der Waals surface area contributed by atoms with Crippen LogP contribution in [0.4, 0.5) is 4.39 Å². The summed E-state index contributed by atoms with van der Waals surface area (Å²) >= 11 is 0. The summed E-state index contributed by atoms with van der Waals surface area (Å²) in [5.41, 5.74) is 2.35. The van der Waals surface area contributed by atoms with Gasteiger partial charge in [0, 0.05) is 18.1 Å². The monoisotopic (exact) mass is 274 g/mol. The minimum Gasteiger partial charge on any atom is -0.390 e. The Hall–Kier alpha value is -1.72. The highest BCUT2D eigenvalue weighted by molar-refractivity contribution is 5.69.